The van der Waals surface area contributed by atoms with Gasteiger partial charge in [-0.25, -0.2) is 14.8 Å². The van der Waals surface area contributed by atoms with E-state index in [4.69, 9.17) is 16.2 Å². The number of nitrogens with two attached hydrogens (primary N) is 2. The third-order valence-electron chi connectivity index (χ3n) is 4.28. The van der Waals surface area contributed by atoms with Gasteiger partial charge in [-0.3, -0.25) is 4.79 Å². The summed E-state index contributed by atoms with van der Waals surface area (Å²) >= 11 is 1.23. The van der Waals surface area contributed by atoms with Crippen LogP contribution in [0.2, 0.25) is 0 Å². The highest BCUT2D eigenvalue weighted by Gasteiger charge is 2.37. The van der Waals surface area contributed by atoms with Crippen molar-refractivity contribution in [2.45, 2.75) is 31.8 Å². The van der Waals surface area contributed by atoms with Crippen LogP contribution in [0.15, 0.2) is 12.3 Å². The summed E-state index contributed by atoms with van der Waals surface area (Å²) in [4.78, 5) is 34.4. The predicted octanol–water partition coefficient (Wildman–Crippen LogP) is 0.553. The first-order valence-electron chi connectivity index (χ1n) is 8.38. The Kier molecular flexibility index (Phi) is 5.51. The molecule has 10 nitrogen and oxygen atoms in total. The number of carbonyl (C=O) groups excluding carboxylic acids is 2. The average molecular weight is 391 g/mol. The molecule has 1 amide bonds. The van der Waals surface area contributed by atoms with Crippen LogP contribution in [0.25, 0.3) is 0 Å². The Morgan fingerprint density at radius 3 is 2.85 bits per heavy atom. The van der Waals surface area contributed by atoms with Gasteiger partial charge in [0.05, 0.1) is 19.0 Å². The van der Waals surface area contributed by atoms with E-state index >= 15 is 0 Å². The zero-order valence-electron chi connectivity index (χ0n) is 15.0. The van der Waals surface area contributed by atoms with Crippen molar-refractivity contribution < 1.29 is 14.3 Å². The number of nitrogens with zero attached hydrogens (tertiary/aromatic N) is 4. The fourth-order valence-electron chi connectivity index (χ4n) is 3.03. The molecule has 3 rings (SSSR count). The summed E-state index contributed by atoms with van der Waals surface area (Å²) < 4.78 is 9.08. The fraction of sp³-hybridized carbons (Fsp3) is 0.438. The van der Waals surface area contributed by atoms with Crippen LogP contribution in [0.5, 0.6) is 0 Å². The van der Waals surface area contributed by atoms with Gasteiger partial charge >= 0.3 is 5.97 Å². The molecule has 2 aromatic heterocycles. The van der Waals surface area contributed by atoms with Gasteiger partial charge in [-0.2, -0.15) is 4.37 Å². The standard InChI is InChI=1S/C16H21N7O3S/c1-8-6-11(27-22-8)21-15-12(14(18)24)19-7-10(20-15)23-5-3-4-9(17)13(23)16(25)26-2/h6-7,9,13H,3-5,17H2,1-2H3,(H2,18,24)(H,20,21). The van der Waals surface area contributed by atoms with Gasteiger partial charge in [0.25, 0.3) is 5.91 Å². The van der Waals surface area contributed by atoms with Crippen molar-refractivity contribution in [3.05, 3.63) is 23.7 Å². The molecule has 0 aliphatic carbocycles. The van der Waals surface area contributed by atoms with Crippen LogP contribution in [0, 0.1) is 6.92 Å². The minimum absolute atomic E-state index is 0.000675. The molecule has 3 heterocycles. The van der Waals surface area contributed by atoms with E-state index in [0.717, 1.165) is 12.1 Å². The second-order valence-corrected chi connectivity index (χ2v) is 7.02. The molecule has 0 radical (unpaired) electrons. The van der Waals surface area contributed by atoms with Crippen molar-refractivity contribution >= 4 is 40.0 Å². The van der Waals surface area contributed by atoms with Gasteiger partial charge in [0.2, 0.25) is 0 Å². The van der Waals surface area contributed by atoms with Crippen LogP contribution in [0.1, 0.15) is 29.0 Å². The molecule has 0 bridgehead atoms. The normalized spacial score (nSPS) is 19.6. The SMILES string of the molecule is COC(=O)C1C(N)CCCN1c1cnc(C(N)=O)c(Nc2cc(C)ns2)n1. The van der Waals surface area contributed by atoms with E-state index in [-0.39, 0.29) is 17.6 Å². The molecule has 0 spiro atoms. The molecule has 0 saturated carbocycles. The number of esters is 1. The van der Waals surface area contributed by atoms with Crippen molar-refractivity contribution in [3.63, 3.8) is 0 Å². The van der Waals surface area contributed by atoms with Crippen LogP contribution in [-0.4, -0.2) is 52.0 Å². The molecule has 1 fully saturated rings. The summed E-state index contributed by atoms with van der Waals surface area (Å²) in [7, 11) is 1.32. The number of primary amides is 1. The number of piperidine rings is 1. The highest BCUT2D eigenvalue weighted by atomic mass is 32.1. The lowest BCUT2D eigenvalue weighted by atomic mass is 9.97. The van der Waals surface area contributed by atoms with Gasteiger partial charge in [0.1, 0.15) is 16.9 Å². The Morgan fingerprint density at radius 2 is 2.22 bits per heavy atom. The van der Waals surface area contributed by atoms with E-state index in [1.165, 1.54) is 24.8 Å². The van der Waals surface area contributed by atoms with E-state index in [2.05, 4.69) is 19.7 Å². The number of anilines is 3. The molecule has 2 aromatic rings. The topological polar surface area (TPSA) is 149 Å². The number of ether oxygens (including phenoxy) is 1. The summed E-state index contributed by atoms with van der Waals surface area (Å²) in [5.74, 6) is -0.533. The Morgan fingerprint density at radius 1 is 1.44 bits per heavy atom. The number of aromatic nitrogens is 3. The molecule has 11 heteroatoms. The van der Waals surface area contributed by atoms with E-state index in [9.17, 15) is 9.59 Å². The van der Waals surface area contributed by atoms with Crippen LogP contribution in [0.4, 0.5) is 16.6 Å². The maximum atomic E-state index is 12.2. The summed E-state index contributed by atoms with van der Waals surface area (Å²) in [6.45, 7) is 2.42. The monoisotopic (exact) mass is 391 g/mol. The van der Waals surface area contributed by atoms with E-state index in [1.54, 1.807) is 4.90 Å². The summed E-state index contributed by atoms with van der Waals surface area (Å²) in [6, 6.07) is 0.762. The van der Waals surface area contributed by atoms with Gasteiger partial charge < -0.3 is 26.4 Å². The number of aryl methyl sites for hydroxylation is 1. The second kappa shape index (κ2) is 7.84. The highest BCUT2D eigenvalue weighted by Crippen LogP contribution is 2.27. The molecular formula is C16H21N7O3S. The molecular weight excluding hydrogens is 370 g/mol. The number of hydrogen-bond donors (Lipinski definition) is 3. The molecule has 0 aromatic carbocycles. The van der Waals surface area contributed by atoms with Crippen molar-refractivity contribution in [2.75, 3.05) is 23.9 Å². The number of nitrogens with one attached hydrogen (secondary N) is 1. The van der Waals surface area contributed by atoms with Gasteiger partial charge in [-0.15, -0.1) is 0 Å². The molecule has 5 N–H and O–H groups in total. The number of methoxy groups -OCH3 is 1. The van der Waals surface area contributed by atoms with Gasteiger partial charge in [-0.05, 0) is 37.4 Å². The fourth-order valence-corrected chi connectivity index (χ4v) is 3.69. The van der Waals surface area contributed by atoms with E-state index < -0.39 is 17.9 Å². The van der Waals surface area contributed by atoms with Crippen LogP contribution < -0.4 is 21.7 Å². The molecule has 27 heavy (non-hydrogen) atoms. The lowest BCUT2D eigenvalue weighted by Gasteiger charge is -2.38. The quantitative estimate of drug-likeness (QED) is 0.621. The smallest absolute Gasteiger partial charge is 0.330 e. The minimum atomic E-state index is -0.711. The molecule has 2 atom stereocenters. The van der Waals surface area contributed by atoms with Gasteiger partial charge in [0.15, 0.2) is 11.5 Å². The molecule has 1 saturated heterocycles. The third kappa shape index (κ3) is 3.98. The zero-order valence-corrected chi connectivity index (χ0v) is 15.8. The maximum Gasteiger partial charge on any atom is 0.330 e. The van der Waals surface area contributed by atoms with Crippen molar-refractivity contribution in [1.82, 2.24) is 14.3 Å². The Hall–Kier alpha value is -2.79. The third-order valence-corrected chi connectivity index (χ3v) is 5.07. The minimum Gasteiger partial charge on any atom is -0.467 e. The maximum absolute atomic E-state index is 12.2. The molecule has 1 aliphatic heterocycles. The van der Waals surface area contributed by atoms with Crippen LogP contribution in [0.3, 0.4) is 0 Å². The molecule has 2 unspecified atom stereocenters. The summed E-state index contributed by atoms with van der Waals surface area (Å²) in [6.07, 6.45) is 2.91. The first-order chi connectivity index (χ1) is 12.9. The molecule has 1 aliphatic rings. The average Bonchev–Trinajstić information content (AvgIpc) is 3.05. The lowest BCUT2D eigenvalue weighted by molar-refractivity contribution is -0.143. The van der Waals surface area contributed by atoms with E-state index in [0.29, 0.717) is 23.8 Å². The first-order valence-corrected chi connectivity index (χ1v) is 9.15. The van der Waals surface area contributed by atoms with E-state index in [1.807, 2.05) is 13.0 Å². The van der Waals surface area contributed by atoms with Gasteiger partial charge in [0, 0.05) is 12.6 Å². The second-order valence-electron chi connectivity index (χ2n) is 6.21. The first kappa shape index (κ1) is 19.0. The van der Waals surface area contributed by atoms with Crippen LogP contribution >= 0.6 is 11.5 Å². The Bertz CT molecular complexity index is 856. The highest BCUT2D eigenvalue weighted by molar-refractivity contribution is 7.10. The number of amides is 1. The van der Waals surface area contributed by atoms with Gasteiger partial charge in [-0.1, -0.05) is 0 Å². The lowest BCUT2D eigenvalue weighted by Crippen LogP contribution is -2.57. The van der Waals surface area contributed by atoms with Crippen molar-refractivity contribution in [2.24, 2.45) is 11.5 Å². The number of carbonyl (C=O) groups is 2. The Labute approximate surface area is 160 Å². The van der Waals surface area contributed by atoms with Crippen molar-refractivity contribution in [1.29, 1.82) is 0 Å². The predicted molar refractivity (Wildman–Crippen MR) is 101 cm³/mol. The summed E-state index contributed by atoms with van der Waals surface area (Å²) in [5, 5.41) is 3.73. The number of hydrogen-bond acceptors (Lipinski definition) is 10. The Balaban J connectivity index is 1.98. The summed E-state index contributed by atoms with van der Waals surface area (Å²) in [5.41, 5.74) is 12.4. The van der Waals surface area contributed by atoms with Crippen LogP contribution in [-0.2, 0) is 9.53 Å². The molecule has 144 valence electrons. The zero-order chi connectivity index (χ0) is 19.6. The number of rotatable bonds is 5. The van der Waals surface area contributed by atoms with Crippen molar-refractivity contribution in [3.8, 4) is 0 Å². The largest absolute Gasteiger partial charge is 0.467 e.